The molecule has 0 radical (unpaired) electrons. The van der Waals surface area contributed by atoms with Gasteiger partial charge < -0.3 is 20.7 Å². The monoisotopic (exact) mass is 415 g/mol. The van der Waals surface area contributed by atoms with Crippen molar-refractivity contribution in [1.29, 1.82) is 0 Å². The molecule has 30 heavy (non-hydrogen) atoms. The van der Waals surface area contributed by atoms with Crippen LogP contribution >= 0.6 is 12.2 Å². The van der Waals surface area contributed by atoms with Gasteiger partial charge >= 0.3 is 0 Å². The van der Waals surface area contributed by atoms with Gasteiger partial charge in [-0.25, -0.2) is 0 Å². The smallest absolute Gasteiger partial charge is 0.256 e. The van der Waals surface area contributed by atoms with Crippen LogP contribution in [-0.4, -0.2) is 18.1 Å². The minimum Gasteiger partial charge on any atom is -0.497 e. The Morgan fingerprint density at radius 2 is 1.57 bits per heavy atom. The molecular formula is C24H21N3O2S. The number of carbonyl (C=O) groups excluding carboxylic acids is 1. The van der Waals surface area contributed by atoms with Gasteiger partial charge in [-0.3, -0.25) is 4.79 Å². The van der Waals surface area contributed by atoms with Gasteiger partial charge in [-0.15, -0.1) is 0 Å². The van der Waals surface area contributed by atoms with Crippen LogP contribution in [0.3, 0.4) is 0 Å². The second-order valence-electron chi connectivity index (χ2n) is 6.78. The van der Waals surface area contributed by atoms with Crippen molar-refractivity contribution in [2.24, 2.45) is 0 Å². The number of hydrogen-bond acceptors (Lipinski definition) is 3. The average molecular weight is 416 g/mol. The van der Waals surface area contributed by atoms with E-state index in [4.69, 9.17) is 17.0 Å². The first-order chi connectivity index (χ1) is 14.7. The summed E-state index contributed by atoms with van der Waals surface area (Å²) in [5.74, 6) is 0.543. The second kappa shape index (κ2) is 8.80. The SMILES string of the molecule is COc1ccc(C2NC(=S)NC(c3ccccc3)=C2C(=O)Nc2ccccc2)cc1. The Morgan fingerprint density at radius 1 is 0.933 bits per heavy atom. The second-order valence-corrected chi connectivity index (χ2v) is 7.19. The highest BCUT2D eigenvalue weighted by Gasteiger charge is 2.32. The molecule has 4 rings (SSSR count). The van der Waals surface area contributed by atoms with Crippen LogP contribution < -0.4 is 20.7 Å². The number of hydrogen-bond donors (Lipinski definition) is 3. The van der Waals surface area contributed by atoms with Gasteiger partial charge in [0.15, 0.2) is 5.11 Å². The van der Waals surface area contributed by atoms with Gasteiger partial charge in [0.1, 0.15) is 5.75 Å². The standard InChI is InChI=1S/C24H21N3O2S/c1-29-19-14-12-17(13-15-19)22-20(23(28)25-18-10-6-3-7-11-18)21(26-24(30)27-22)16-8-4-2-5-9-16/h2-15,22H,1H3,(H,25,28)(H2,26,27,30). The molecular weight excluding hydrogens is 394 g/mol. The third-order valence-corrected chi connectivity index (χ3v) is 5.08. The average Bonchev–Trinajstić information content (AvgIpc) is 2.79. The van der Waals surface area contributed by atoms with E-state index in [0.717, 1.165) is 22.6 Å². The first-order valence-electron chi connectivity index (χ1n) is 9.53. The summed E-state index contributed by atoms with van der Waals surface area (Å²) < 4.78 is 5.27. The zero-order valence-corrected chi connectivity index (χ0v) is 17.2. The number of ether oxygens (including phenoxy) is 1. The largest absolute Gasteiger partial charge is 0.497 e. The number of para-hydroxylation sites is 1. The van der Waals surface area contributed by atoms with Gasteiger partial charge in [0.25, 0.3) is 5.91 Å². The lowest BCUT2D eigenvalue weighted by molar-refractivity contribution is -0.113. The number of benzene rings is 3. The van der Waals surface area contributed by atoms with Crippen LogP contribution in [0.5, 0.6) is 5.75 Å². The molecule has 3 aromatic carbocycles. The quantitative estimate of drug-likeness (QED) is 0.544. The molecule has 1 amide bonds. The lowest BCUT2D eigenvalue weighted by Crippen LogP contribution is -2.45. The predicted octanol–water partition coefficient (Wildman–Crippen LogP) is 4.26. The molecule has 1 heterocycles. The van der Waals surface area contributed by atoms with E-state index in [1.807, 2.05) is 84.9 Å². The molecule has 5 nitrogen and oxygen atoms in total. The molecule has 1 aliphatic rings. The highest BCUT2D eigenvalue weighted by Crippen LogP contribution is 2.32. The lowest BCUT2D eigenvalue weighted by Gasteiger charge is -2.32. The summed E-state index contributed by atoms with van der Waals surface area (Å²) >= 11 is 5.46. The zero-order valence-electron chi connectivity index (χ0n) is 16.4. The van der Waals surface area contributed by atoms with Gasteiger partial charge in [-0.05, 0) is 47.6 Å². The van der Waals surface area contributed by atoms with Crippen LogP contribution in [-0.2, 0) is 4.79 Å². The van der Waals surface area contributed by atoms with E-state index < -0.39 is 6.04 Å². The molecule has 0 saturated carbocycles. The molecule has 0 aromatic heterocycles. The van der Waals surface area contributed by atoms with Crippen LogP contribution in [0.1, 0.15) is 17.2 Å². The molecule has 0 spiro atoms. The minimum absolute atomic E-state index is 0.205. The minimum atomic E-state index is -0.413. The fourth-order valence-corrected chi connectivity index (χ4v) is 3.63. The molecule has 0 bridgehead atoms. The van der Waals surface area contributed by atoms with Gasteiger partial charge in [0.2, 0.25) is 0 Å². The van der Waals surface area contributed by atoms with E-state index in [1.54, 1.807) is 7.11 Å². The van der Waals surface area contributed by atoms with Crippen molar-refractivity contribution in [1.82, 2.24) is 10.6 Å². The fourth-order valence-electron chi connectivity index (χ4n) is 3.41. The molecule has 1 atom stereocenters. The molecule has 6 heteroatoms. The summed E-state index contributed by atoms with van der Waals surface area (Å²) in [7, 11) is 1.62. The summed E-state index contributed by atoms with van der Waals surface area (Å²) in [5.41, 5.74) is 3.77. The molecule has 3 aromatic rings. The van der Waals surface area contributed by atoms with Crippen molar-refractivity contribution < 1.29 is 9.53 Å². The van der Waals surface area contributed by atoms with E-state index in [-0.39, 0.29) is 5.91 Å². The number of amides is 1. The van der Waals surface area contributed by atoms with Crippen LogP contribution in [0.4, 0.5) is 5.69 Å². The van der Waals surface area contributed by atoms with E-state index in [0.29, 0.717) is 16.4 Å². The molecule has 1 unspecified atom stereocenters. The highest BCUT2D eigenvalue weighted by atomic mass is 32.1. The fraction of sp³-hybridized carbons (Fsp3) is 0.0833. The molecule has 3 N–H and O–H groups in total. The van der Waals surface area contributed by atoms with E-state index in [1.165, 1.54) is 0 Å². The number of anilines is 1. The third kappa shape index (κ3) is 4.18. The number of methoxy groups -OCH3 is 1. The van der Waals surface area contributed by atoms with E-state index in [9.17, 15) is 4.79 Å². The summed E-state index contributed by atoms with van der Waals surface area (Å²) in [6.45, 7) is 0. The normalized spacial score (nSPS) is 15.8. The first kappa shape index (κ1) is 19.7. The topological polar surface area (TPSA) is 62.4 Å². The summed E-state index contributed by atoms with van der Waals surface area (Å²) in [5, 5.41) is 9.90. The Bertz CT molecular complexity index is 1080. The Morgan fingerprint density at radius 3 is 2.20 bits per heavy atom. The van der Waals surface area contributed by atoms with Crippen molar-refractivity contribution in [3.8, 4) is 5.75 Å². The van der Waals surface area contributed by atoms with Gasteiger partial charge in [-0.1, -0.05) is 60.7 Å². The van der Waals surface area contributed by atoms with Crippen molar-refractivity contribution in [3.63, 3.8) is 0 Å². The van der Waals surface area contributed by atoms with Crippen LogP contribution in [0.15, 0.2) is 90.5 Å². The Hall–Kier alpha value is -3.64. The zero-order chi connectivity index (χ0) is 20.9. The lowest BCUT2D eigenvalue weighted by atomic mass is 9.92. The Kier molecular flexibility index (Phi) is 5.77. The maximum atomic E-state index is 13.4. The highest BCUT2D eigenvalue weighted by molar-refractivity contribution is 7.80. The first-order valence-corrected chi connectivity index (χ1v) is 9.94. The Balaban J connectivity index is 1.82. The van der Waals surface area contributed by atoms with Crippen molar-refractivity contribution >= 4 is 34.6 Å². The van der Waals surface area contributed by atoms with Gasteiger partial charge in [0, 0.05) is 5.69 Å². The third-order valence-electron chi connectivity index (χ3n) is 4.86. The number of carbonyl (C=O) groups is 1. The van der Waals surface area contributed by atoms with Crippen molar-refractivity contribution in [2.75, 3.05) is 12.4 Å². The van der Waals surface area contributed by atoms with Crippen molar-refractivity contribution in [3.05, 3.63) is 102 Å². The summed E-state index contributed by atoms with van der Waals surface area (Å²) in [6.07, 6.45) is 0. The molecule has 0 aliphatic carbocycles. The van der Waals surface area contributed by atoms with Crippen LogP contribution in [0.2, 0.25) is 0 Å². The van der Waals surface area contributed by atoms with Gasteiger partial charge in [0.05, 0.1) is 24.4 Å². The van der Waals surface area contributed by atoms with Gasteiger partial charge in [-0.2, -0.15) is 0 Å². The summed E-state index contributed by atoms with van der Waals surface area (Å²) in [6, 6.07) is 26.3. The maximum Gasteiger partial charge on any atom is 0.256 e. The molecule has 150 valence electrons. The van der Waals surface area contributed by atoms with Crippen molar-refractivity contribution in [2.45, 2.75) is 6.04 Å². The van der Waals surface area contributed by atoms with E-state index in [2.05, 4.69) is 16.0 Å². The number of rotatable bonds is 5. The Labute approximate surface area is 180 Å². The summed E-state index contributed by atoms with van der Waals surface area (Å²) in [4.78, 5) is 13.4. The van der Waals surface area contributed by atoms with Crippen LogP contribution in [0, 0.1) is 0 Å². The number of nitrogens with one attached hydrogen (secondary N) is 3. The molecule has 1 aliphatic heterocycles. The maximum absolute atomic E-state index is 13.4. The molecule has 0 saturated heterocycles. The van der Waals surface area contributed by atoms with Crippen LogP contribution in [0.25, 0.3) is 5.70 Å². The molecule has 0 fully saturated rings. The van der Waals surface area contributed by atoms with E-state index >= 15 is 0 Å². The number of thiocarbonyl (C=S) groups is 1. The predicted molar refractivity (Wildman–Crippen MR) is 123 cm³/mol.